The zero-order chi connectivity index (χ0) is 12.4. The first-order chi connectivity index (χ1) is 8.10. The normalized spacial score (nSPS) is 22.7. The van der Waals surface area contributed by atoms with E-state index in [-0.39, 0.29) is 29.6 Å². The molecule has 1 saturated carbocycles. The quantitative estimate of drug-likeness (QED) is 0.317. The Morgan fingerprint density at radius 2 is 2.29 bits per heavy atom. The number of nitrogen functional groups attached to an aromatic ring is 1. The summed E-state index contributed by atoms with van der Waals surface area (Å²) in [6.45, 7) is 0. The van der Waals surface area contributed by atoms with Crippen LogP contribution in [0.15, 0.2) is 6.20 Å². The van der Waals surface area contributed by atoms with Crippen molar-refractivity contribution in [3.63, 3.8) is 0 Å². The lowest BCUT2D eigenvalue weighted by atomic mass is 9.89. The fraction of sp³-hybridized carbons (Fsp3) is 0.500. The lowest BCUT2D eigenvalue weighted by Gasteiger charge is -2.32. The molecule has 2 rings (SSSR count). The second kappa shape index (κ2) is 4.47. The summed E-state index contributed by atoms with van der Waals surface area (Å²) in [6.07, 6.45) is 1.83. The number of hydrazine groups is 1. The highest BCUT2D eigenvalue weighted by atomic mass is 16.6. The largest absolute Gasteiger partial charge is 0.393 e. The van der Waals surface area contributed by atoms with Crippen LogP contribution in [0.3, 0.4) is 0 Å². The number of nitro groups is 1. The highest BCUT2D eigenvalue weighted by Crippen LogP contribution is 2.28. The molecule has 1 heterocycles. The minimum absolute atomic E-state index is 0.00998. The van der Waals surface area contributed by atoms with Crippen LogP contribution < -0.4 is 16.6 Å². The van der Waals surface area contributed by atoms with Crippen molar-refractivity contribution < 1.29 is 10.0 Å². The SMILES string of the molecule is NNc1ncc([N+](=O)[O-])c(NC2CC(O)C2)n1. The van der Waals surface area contributed by atoms with Gasteiger partial charge in [0, 0.05) is 6.04 Å². The number of nitrogens with zero attached hydrogens (tertiary/aromatic N) is 3. The van der Waals surface area contributed by atoms with Crippen molar-refractivity contribution in [1.29, 1.82) is 0 Å². The molecule has 0 radical (unpaired) electrons. The van der Waals surface area contributed by atoms with Crippen molar-refractivity contribution in [2.24, 2.45) is 5.84 Å². The van der Waals surface area contributed by atoms with Gasteiger partial charge in [-0.15, -0.1) is 0 Å². The smallest absolute Gasteiger partial charge is 0.329 e. The minimum Gasteiger partial charge on any atom is -0.393 e. The van der Waals surface area contributed by atoms with Crippen LogP contribution in [0, 0.1) is 10.1 Å². The fourth-order valence-electron chi connectivity index (χ4n) is 1.58. The zero-order valence-electron chi connectivity index (χ0n) is 8.83. The summed E-state index contributed by atoms with van der Waals surface area (Å²) in [4.78, 5) is 17.7. The summed E-state index contributed by atoms with van der Waals surface area (Å²) >= 11 is 0. The van der Waals surface area contributed by atoms with Gasteiger partial charge < -0.3 is 10.4 Å². The standard InChI is InChI=1S/C8H12N6O3/c9-13-8-10-3-6(14(16)17)7(12-8)11-4-1-5(15)2-4/h3-5,15H,1-2,9H2,(H2,10,11,12,13). The second-order valence-corrected chi connectivity index (χ2v) is 3.80. The molecule has 92 valence electrons. The third-order valence-corrected chi connectivity index (χ3v) is 2.55. The predicted octanol–water partition coefficient (Wildman–Crippen LogP) is -0.394. The molecule has 0 unspecified atom stereocenters. The number of anilines is 2. The van der Waals surface area contributed by atoms with Crippen molar-refractivity contribution in [2.75, 3.05) is 10.7 Å². The summed E-state index contributed by atoms with van der Waals surface area (Å²) in [5.41, 5.74) is 2.00. The Morgan fingerprint density at radius 3 is 2.82 bits per heavy atom. The van der Waals surface area contributed by atoms with Crippen LogP contribution in [0.25, 0.3) is 0 Å². The molecule has 1 aliphatic rings. The Balaban J connectivity index is 2.19. The summed E-state index contributed by atoms with van der Waals surface area (Å²) in [6, 6.07) is -0.00998. The molecule has 17 heavy (non-hydrogen) atoms. The monoisotopic (exact) mass is 240 g/mol. The number of hydrogen-bond donors (Lipinski definition) is 4. The highest BCUT2D eigenvalue weighted by Gasteiger charge is 2.29. The van der Waals surface area contributed by atoms with Crippen LogP contribution in [0.5, 0.6) is 0 Å². The molecule has 0 aliphatic heterocycles. The van der Waals surface area contributed by atoms with E-state index in [1.54, 1.807) is 0 Å². The first-order valence-electron chi connectivity index (χ1n) is 5.02. The molecule has 0 atom stereocenters. The lowest BCUT2D eigenvalue weighted by molar-refractivity contribution is -0.384. The van der Waals surface area contributed by atoms with E-state index < -0.39 is 4.92 Å². The molecule has 1 aromatic rings. The predicted molar refractivity (Wildman–Crippen MR) is 59.1 cm³/mol. The molecule has 1 aromatic heterocycles. The van der Waals surface area contributed by atoms with Crippen molar-refractivity contribution in [3.8, 4) is 0 Å². The fourth-order valence-corrected chi connectivity index (χ4v) is 1.58. The Morgan fingerprint density at radius 1 is 1.59 bits per heavy atom. The molecule has 9 heteroatoms. The van der Waals surface area contributed by atoms with Gasteiger partial charge in [-0.3, -0.25) is 15.5 Å². The van der Waals surface area contributed by atoms with Gasteiger partial charge in [0.25, 0.3) is 0 Å². The molecule has 9 nitrogen and oxygen atoms in total. The van der Waals surface area contributed by atoms with Crippen molar-refractivity contribution in [2.45, 2.75) is 25.0 Å². The highest BCUT2D eigenvalue weighted by molar-refractivity contribution is 5.57. The van der Waals surface area contributed by atoms with Crippen molar-refractivity contribution >= 4 is 17.5 Å². The number of nitrogens with two attached hydrogens (primary N) is 1. The van der Waals surface area contributed by atoms with E-state index in [0.717, 1.165) is 6.20 Å². The summed E-state index contributed by atoms with van der Waals surface area (Å²) in [5.74, 6) is 5.33. The van der Waals surface area contributed by atoms with Crippen LogP contribution in [-0.2, 0) is 0 Å². The molecule has 5 N–H and O–H groups in total. The number of nitrogens with one attached hydrogen (secondary N) is 2. The maximum atomic E-state index is 10.8. The topological polar surface area (TPSA) is 139 Å². The van der Waals surface area contributed by atoms with Crippen LogP contribution >= 0.6 is 0 Å². The molecule has 0 amide bonds. The van der Waals surface area contributed by atoms with E-state index >= 15 is 0 Å². The maximum absolute atomic E-state index is 10.8. The number of aliphatic hydroxyl groups is 1. The van der Waals surface area contributed by atoms with Gasteiger partial charge >= 0.3 is 5.69 Å². The molecule has 0 aromatic carbocycles. The summed E-state index contributed by atoms with van der Waals surface area (Å²) in [7, 11) is 0. The Labute approximate surface area is 96.2 Å². The Kier molecular flexibility index (Phi) is 3.02. The minimum atomic E-state index is -0.572. The van der Waals surface area contributed by atoms with Gasteiger partial charge in [-0.2, -0.15) is 4.98 Å². The molecular weight excluding hydrogens is 228 g/mol. The van der Waals surface area contributed by atoms with Crippen LogP contribution in [0.1, 0.15) is 12.8 Å². The molecule has 0 spiro atoms. The number of aliphatic hydroxyl groups excluding tert-OH is 1. The Hall–Kier alpha value is -2.00. The first-order valence-corrected chi connectivity index (χ1v) is 5.02. The van der Waals surface area contributed by atoms with Gasteiger partial charge in [0.2, 0.25) is 11.8 Å². The molecule has 0 saturated heterocycles. The third kappa shape index (κ3) is 2.40. The van der Waals surface area contributed by atoms with Gasteiger partial charge in [0.05, 0.1) is 11.0 Å². The van der Waals surface area contributed by atoms with E-state index in [9.17, 15) is 10.1 Å². The molecule has 0 bridgehead atoms. The maximum Gasteiger partial charge on any atom is 0.329 e. The zero-order valence-corrected chi connectivity index (χ0v) is 8.83. The van der Waals surface area contributed by atoms with Gasteiger partial charge in [-0.25, -0.2) is 10.8 Å². The van der Waals surface area contributed by atoms with E-state index in [2.05, 4.69) is 20.7 Å². The molecule has 1 aliphatic carbocycles. The van der Waals surface area contributed by atoms with Crippen LogP contribution in [-0.4, -0.2) is 32.1 Å². The van der Waals surface area contributed by atoms with E-state index in [0.29, 0.717) is 12.8 Å². The van der Waals surface area contributed by atoms with E-state index in [1.807, 2.05) is 0 Å². The van der Waals surface area contributed by atoms with E-state index in [1.165, 1.54) is 0 Å². The molecular formula is C8H12N6O3. The summed E-state index contributed by atoms with van der Waals surface area (Å²) < 4.78 is 0. The second-order valence-electron chi connectivity index (χ2n) is 3.80. The number of hydrogen-bond acceptors (Lipinski definition) is 8. The Bertz CT molecular complexity index is 433. The summed E-state index contributed by atoms with van der Waals surface area (Å²) in [5, 5.41) is 22.8. The van der Waals surface area contributed by atoms with Gasteiger partial charge in [0.15, 0.2) is 0 Å². The van der Waals surface area contributed by atoms with E-state index in [4.69, 9.17) is 10.9 Å². The molecule has 1 fully saturated rings. The average molecular weight is 240 g/mol. The first kappa shape index (κ1) is 11.5. The van der Waals surface area contributed by atoms with Crippen LogP contribution in [0.2, 0.25) is 0 Å². The van der Waals surface area contributed by atoms with Gasteiger partial charge in [-0.05, 0) is 12.8 Å². The van der Waals surface area contributed by atoms with Crippen molar-refractivity contribution in [1.82, 2.24) is 9.97 Å². The third-order valence-electron chi connectivity index (χ3n) is 2.55. The van der Waals surface area contributed by atoms with Crippen LogP contribution in [0.4, 0.5) is 17.5 Å². The van der Waals surface area contributed by atoms with Crippen molar-refractivity contribution in [3.05, 3.63) is 16.3 Å². The number of rotatable bonds is 4. The lowest BCUT2D eigenvalue weighted by Crippen LogP contribution is -2.39. The average Bonchev–Trinajstić information content (AvgIpc) is 2.26. The van der Waals surface area contributed by atoms with Gasteiger partial charge in [-0.1, -0.05) is 0 Å². The number of aromatic nitrogens is 2. The van der Waals surface area contributed by atoms with Gasteiger partial charge in [0.1, 0.15) is 6.20 Å².